The molecule has 0 fully saturated rings. The van der Waals surface area contributed by atoms with Crippen molar-refractivity contribution in [3.8, 4) is 35.3 Å². The van der Waals surface area contributed by atoms with Gasteiger partial charge in [0.05, 0.1) is 0 Å². The van der Waals surface area contributed by atoms with Gasteiger partial charge in [0.2, 0.25) is 6.79 Å². The lowest BCUT2D eigenvalue weighted by Gasteiger charge is -2.13. The van der Waals surface area contributed by atoms with Gasteiger partial charge in [0, 0.05) is 5.92 Å². The maximum atomic E-state index is 14.1. The molecule has 1 heterocycles. The molecule has 0 saturated carbocycles. The highest BCUT2D eigenvalue weighted by Crippen LogP contribution is 2.35. The van der Waals surface area contributed by atoms with Gasteiger partial charge in [-0.2, -0.15) is 0 Å². The SMILES string of the molecule is C#CC(CCCc1ccc(F)c(Oc2ccccc2)c1)c1ccc2c(c1)OCO2. The number of aryl methyl sites for hydroxylation is 1. The van der Waals surface area contributed by atoms with Crippen molar-refractivity contribution in [2.24, 2.45) is 0 Å². The second-order valence-corrected chi connectivity index (χ2v) is 6.90. The third kappa shape index (κ3) is 4.52. The number of fused-ring (bicyclic) bond motifs is 1. The van der Waals surface area contributed by atoms with Gasteiger partial charge < -0.3 is 14.2 Å². The van der Waals surface area contributed by atoms with Gasteiger partial charge in [-0.1, -0.05) is 36.3 Å². The van der Waals surface area contributed by atoms with E-state index in [0.717, 1.165) is 41.9 Å². The first-order valence-corrected chi connectivity index (χ1v) is 9.60. The van der Waals surface area contributed by atoms with Crippen LogP contribution in [-0.2, 0) is 6.42 Å². The molecule has 4 rings (SSSR count). The number of hydrogen-bond acceptors (Lipinski definition) is 3. The van der Waals surface area contributed by atoms with Crippen LogP contribution in [0.2, 0.25) is 0 Å². The van der Waals surface area contributed by atoms with Crippen molar-refractivity contribution in [2.75, 3.05) is 6.79 Å². The normalized spacial score (nSPS) is 13.0. The minimum Gasteiger partial charge on any atom is -0.454 e. The Labute approximate surface area is 170 Å². The molecular weight excluding hydrogens is 367 g/mol. The molecule has 1 aliphatic heterocycles. The Kier molecular flexibility index (Phi) is 5.67. The minimum atomic E-state index is -0.375. The fourth-order valence-electron chi connectivity index (χ4n) is 3.38. The highest BCUT2D eigenvalue weighted by Gasteiger charge is 2.17. The van der Waals surface area contributed by atoms with Gasteiger partial charge in [0.1, 0.15) is 5.75 Å². The quantitative estimate of drug-likeness (QED) is 0.459. The van der Waals surface area contributed by atoms with E-state index < -0.39 is 0 Å². The Morgan fingerprint density at radius 1 is 1.00 bits per heavy atom. The monoisotopic (exact) mass is 388 g/mol. The first-order valence-electron chi connectivity index (χ1n) is 9.60. The molecule has 0 saturated heterocycles. The number of rotatable bonds is 7. The van der Waals surface area contributed by atoms with E-state index in [-0.39, 0.29) is 24.3 Å². The number of terminal acetylenes is 1. The summed E-state index contributed by atoms with van der Waals surface area (Å²) >= 11 is 0. The Bertz CT molecular complexity index is 1020. The van der Waals surface area contributed by atoms with E-state index in [2.05, 4.69) is 5.92 Å². The fraction of sp³-hybridized carbons (Fsp3) is 0.200. The van der Waals surface area contributed by atoms with Crippen molar-refractivity contribution < 1.29 is 18.6 Å². The standard InChI is InChI=1S/C25H21FO3/c1-2-19(20-12-14-23-25(16-20)28-17-27-23)8-6-7-18-11-13-22(26)24(15-18)29-21-9-4-3-5-10-21/h1,3-5,9-16,19H,6-8,17H2. The molecule has 0 bridgehead atoms. The van der Waals surface area contributed by atoms with Crippen molar-refractivity contribution in [2.45, 2.75) is 25.2 Å². The molecule has 3 aromatic carbocycles. The summed E-state index contributed by atoms with van der Waals surface area (Å²) < 4.78 is 30.6. The molecule has 0 spiro atoms. The van der Waals surface area contributed by atoms with Crippen molar-refractivity contribution in [3.05, 3.63) is 83.7 Å². The second-order valence-electron chi connectivity index (χ2n) is 6.90. The number of ether oxygens (including phenoxy) is 3. The van der Waals surface area contributed by atoms with E-state index in [0.29, 0.717) is 5.75 Å². The predicted octanol–water partition coefficient (Wildman–Crippen LogP) is 6.09. The summed E-state index contributed by atoms with van der Waals surface area (Å²) in [6.45, 7) is 0.247. The van der Waals surface area contributed by atoms with Crippen molar-refractivity contribution in [3.63, 3.8) is 0 Å². The van der Waals surface area contributed by atoms with E-state index in [4.69, 9.17) is 20.6 Å². The number of halogens is 1. The van der Waals surface area contributed by atoms with Crippen LogP contribution in [0.1, 0.15) is 29.9 Å². The fourth-order valence-corrected chi connectivity index (χ4v) is 3.38. The summed E-state index contributed by atoms with van der Waals surface area (Å²) in [5, 5.41) is 0. The molecule has 146 valence electrons. The lowest BCUT2D eigenvalue weighted by atomic mass is 9.93. The van der Waals surface area contributed by atoms with Crippen LogP contribution in [-0.4, -0.2) is 6.79 Å². The molecule has 0 radical (unpaired) electrons. The summed E-state index contributed by atoms with van der Waals surface area (Å²) in [5.41, 5.74) is 2.06. The van der Waals surface area contributed by atoms with E-state index >= 15 is 0 Å². The summed E-state index contributed by atoms with van der Waals surface area (Å²) in [6.07, 6.45) is 8.25. The second kappa shape index (κ2) is 8.70. The number of hydrogen-bond donors (Lipinski definition) is 0. The third-order valence-electron chi connectivity index (χ3n) is 4.93. The van der Waals surface area contributed by atoms with Crippen LogP contribution in [0.25, 0.3) is 0 Å². The molecule has 3 nitrogen and oxygen atoms in total. The molecule has 3 aromatic rings. The van der Waals surface area contributed by atoms with Crippen molar-refractivity contribution in [1.29, 1.82) is 0 Å². The molecule has 1 aliphatic rings. The van der Waals surface area contributed by atoms with Crippen LogP contribution in [0.3, 0.4) is 0 Å². The Morgan fingerprint density at radius 3 is 2.66 bits per heavy atom. The van der Waals surface area contributed by atoms with Crippen LogP contribution in [0, 0.1) is 18.2 Å². The third-order valence-corrected chi connectivity index (χ3v) is 4.93. The Morgan fingerprint density at radius 2 is 1.83 bits per heavy atom. The topological polar surface area (TPSA) is 27.7 Å². The summed E-state index contributed by atoms with van der Waals surface area (Å²) in [6, 6.07) is 20.0. The zero-order chi connectivity index (χ0) is 20.1. The van der Waals surface area contributed by atoms with Crippen molar-refractivity contribution >= 4 is 0 Å². The molecule has 0 amide bonds. The molecule has 29 heavy (non-hydrogen) atoms. The summed E-state index contributed by atoms with van der Waals surface area (Å²) in [7, 11) is 0. The molecule has 0 aliphatic carbocycles. The van der Waals surface area contributed by atoms with E-state index in [9.17, 15) is 4.39 Å². The van der Waals surface area contributed by atoms with Gasteiger partial charge in [-0.15, -0.1) is 6.42 Å². The maximum Gasteiger partial charge on any atom is 0.231 e. The number of para-hydroxylation sites is 1. The van der Waals surface area contributed by atoms with Gasteiger partial charge in [0.25, 0.3) is 0 Å². The van der Waals surface area contributed by atoms with Crippen LogP contribution >= 0.6 is 0 Å². The summed E-state index contributed by atoms with van der Waals surface area (Å²) in [4.78, 5) is 0. The predicted molar refractivity (Wildman–Crippen MR) is 110 cm³/mol. The highest BCUT2D eigenvalue weighted by atomic mass is 19.1. The van der Waals surface area contributed by atoms with E-state index in [1.165, 1.54) is 6.07 Å². The van der Waals surface area contributed by atoms with Gasteiger partial charge in [0.15, 0.2) is 23.1 Å². The van der Waals surface area contributed by atoms with Gasteiger partial charge in [-0.05, 0) is 66.8 Å². The van der Waals surface area contributed by atoms with Crippen LogP contribution in [0.5, 0.6) is 23.0 Å². The Balaban J connectivity index is 1.38. The number of benzene rings is 3. The Hall–Kier alpha value is -3.45. The highest BCUT2D eigenvalue weighted by molar-refractivity contribution is 5.46. The molecular formula is C25H21FO3. The first-order chi connectivity index (χ1) is 14.2. The molecule has 1 atom stereocenters. The zero-order valence-electron chi connectivity index (χ0n) is 15.9. The van der Waals surface area contributed by atoms with Crippen LogP contribution < -0.4 is 14.2 Å². The average Bonchev–Trinajstić information content (AvgIpc) is 3.22. The largest absolute Gasteiger partial charge is 0.454 e. The van der Waals surface area contributed by atoms with Crippen LogP contribution in [0.4, 0.5) is 4.39 Å². The molecule has 1 unspecified atom stereocenters. The van der Waals surface area contributed by atoms with Gasteiger partial charge >= 0.3 is 0 Å². The van der Waals surface area contributed by atoms with E-state index in [1.54, 1.807) is 24.3 Å². The average molecular weight is 388 g/mol. The molecule has 0 N–H and O–H groups in total. The molecule has 0 aromatic heterocycles. The van der Waals surface area contributed by atoms with Gasteiger partial charge in [-0.25, -0.2) is 4.39 Å². The van der Waals surface area contributed by atoms with Gasteiger partial charge in [-0.3, -0.25) is 0 Å². The first kappa shape index (κ1) is 18.9. The smallest absolute Gasteiger partial charge is 0.231 e. The lowest BCUT2D eigenvalue weighted by molar-refractivity contribution is 0.174. The summed E-state index contributed by atoms with van der Waals surface area (Å²) in [5.74, 6) is 4.82. The van der Waals surface area contributed by atoms with Crippen molar-refractivity contribution in [1.82, 2.24) is 0 Å². The lowest BCUT2D eigenvalue weighted by Crippen LogP contribution is -1.98. The molecule has 4 heteroatoms. The maximum absolute atomic E-state index is 14.1. The van der Waals surface area contributed by atoms with E-state index in [1.807, 2.05) is 36.4 Å². The van der Waals surface area contributed by atoms with Crippen LogP contribution in [0.15, 0.2) is 66.7 Å². The zero-order valence-corrected chi connectivity index (χ0v) is 15.9. The minimum absolute atomic E-state index is 0.00927.